The number of para-hydroxylation sites is 1. The van der Waals surface area contributed by atoms with Gasteiger partial charge in [0.15, 0.2) is 5.82 Å². The summed E-state index contributed by atoms with van der Waals surface area (Å²) in [5.41, 5.74) is 12.6. The lowest BCUT2D eigenvalue weighted by molar-refractivity contribution is 0.0997. The lowest BCUT2D eigenvalue weighted by atomic mass is 9.95. The molecular weight excluding hydrogens is 534 g/mol. The average molecular weight is 566 g/mol. The molecular formula is C35H31N7O. The normalized spacial score (nSPS) is 14.0. The molecule has 2 N–H and O–H groups in total. The fourth-order valence-corrected chi connectivity index (χ4v) is 6.61. The van der Waals surface area contributed by atoms with E-state index in [0.717, 1.165) is 68.6 Å². The number of hydrogen-bond donors (Lipinski definition) is 2. The van der Waals surface area contributed by atoms with Crippen molar-refractivity contribution in [2.75, 3.05) is 10.2 Å². The first kappa shape index (κ1) is 25.5. The van der Waals surface area contributed by atoms with Crippen LogP contribution in [0, 0.1) is 13.8 Å². The van der Waals surface area contributed by atoms with Gasteiger partial charge in [0.1, 0.15) is 0 Å². The zero-order valence-electron chi connectivity index (χ0n) is 24.4. The smallest absolute Gasteiger partial charge is 0.259 e. The van der Waals surface area contributed by atoms with Crippen molar-refractivity contribution in [3.05, 3.63) is 107 Å². The molecule has 0 radical (unpaired) electrons. The Kier molecular flexibility index (Phi) is 5.72. The zero-order valence-corrected chi connectivity index (χ0v) is 24.4. The van der Waals surface area contributed by atoms with Crippen molar-refractivity contribution in [2.24, 2.45) is 7.05 Å². The van der Waals surface area contributed by atoms with Crippen LogP contribution >= 0.6 is 0 Å². The van der Waals surface area contributed by atoms with Crippen LogP contribution in [0.15, 0.2) is 73.1 Å². The van der Waals surface area contributed by atoms with E-state index in [1.807, 2.05) is 73.2 Å². The molecule has 8 rings (SSSR count). The van der Waals surface area contributed by atoms with Gasteiger partial charge >= 0.3 is 0 Å². The molecule has 3 aromatic heterocycles. The lowest BCUT2D eigenvalue weighted by Crippen LogP contribution is -2.23. The van der Waals surface area contributed by atoms with E-state index in [1.165, 1.54) is 23.1 Å². The molecule has 0 saturated carbocycles. The number of nitrogens with one attached hydrogen (secondary N) is 2. The van der Waals surface area contributed by atoms with Gasteiger partial charge < -0.3 is 15.2 Å². The van der Waals surface area contributed by atoms with E-state index in [4.69, 9.17) is 4.98 Å². The van der Waals surface area contributed by atoms with Crippen molar-refractivity contribution in [2.45, 2.75) is 39.7 Å². The fourth-order valence-electron chi connectivity index (χ4n) is 6.61. The predicted molar refractivity (Wildman–Crippen MR) is 170 cm³/mol. The van der Waals surface area contributed by atoms with Gasteiger partial charge in [-0.2, -0.15) is 5.10 Å². The number of benzene rings is 3. The second kappa shape index (κ2) is 9.66. The molecule has 6 aromatic rings. The molecule has 43 heavy (non-hydrogen) atoms. The summed E-state index contributed by atoms with van der Waals surface area (Å²) in [5.74, 6) is 1.20. The van der Waals surface area contributed by atoms with Crippen molar-refractivity contribution in [1.82, 2.24) is 24.7 Å². The molecule has 8 nitrogen and oxygen atoms in total. The van der Waals surface area contributed by atoms with E-state index in [1.54, 1.807) is 0 Å². The molecule has 1 amide bonds. The Balaban J connectivity index is 1.15. The molecule has 0 fully saturated rings. The van der Waals surface area contributed by atoms with Crippen LogP contribution in [0.1, 0.15) is 44.7 Å². The molecule has 0 saturated heterocycles. The van der Waals surface area contributed by atoms with Crippen LogP contribution in [0.3, 0.4) is 0 Å². The van der Waals surface area contributed by atoms with Crippen molar-refractivity contribution < 1.29 is 4.79 Å². The number of carbonyl (C=O) groups excluding carboxylic acids is 1. The first-order chi connectivity index (χ1) is 20.9. The standard InChI is InChI=1S/C35H31N7O/c1-20-17-37-35(38-31-15-21(2)41(3)40-31)39-32(20)28-18-36-33-26(28)10-6-12-30(33)42-19-29-25(9-5-11-27(29)34(42)43)24-14-13-22-7-4-8-23(22)16-24/h5-6,9-18,36H,4,7-8,19H2,1-3H3,(H,37,38,39,40). The lowest BCUT2D eigenvalue weighted by Gasteiger charge is -2.17. The maximum absolute atomic E-state index is 13.9. The van der Waals surface area contributed by atoms with Gasteiger partial charge in [-0.1, -0.05) is 42.5 Å². The van der Waals surface area contributed by atoms with Crippen LogP contribution in [0.2, 0.25) is 0 Å². The number of aromatic nitrogens is 5. The number of amides is 1. The summed E-state index contributed by atoms with van der Waals surface area (Å²) in [6, 6.07) is 21.0. The first-order valence-electron chi connectivity index (χ1n) is 14.7. The van der Waals surface area contributed by atoms with E-state index >= 15 is 0 Å². The van der Waals surface area contributed by atoms with Crippen molar-refractivity contribution in [3.8, 4) is 22.4 Å². The van der Waals surface area contributed by atoms with Gasteiger partial charge in [-0.25, -0.2) is 9.97 Å². The number of fused-ring (bicyclic) bond motifs is 3. The molecule has 4 heterocycles. The Morgan fingerprint density at radius 3 is 2.63 bits per heavy atom. The van der Waals surface area contributed by atoms with Gasteiger partial charge in [-0.05, 0) is 78.6 Å². The SMILES string of the molecule is Cc1cnc(Nc2cc(C)n(C)n2)nc1-c1c[nH]c2c(N3Cc4c(cccc4-c4ccc5c(c4)CCC5)C3=O)cccc12. The minimum Gasteiger partial charge on any atom is -0.359 e. The summed E-state index contributed by atoms with van der Waals surface area (Å²) in [6.45, 7) is 4.54. The number of H-pyrrole nitrogens is 1. The molecule has 0 unspecified atom stereocenters. The van der Waals surface area contributed by atoms with Gasteiger partial charge in [-0.15, -0.1) is 0 Å². The molecule has 0 spiro atoms. The van der Waals surface area contributed by atoms with Gasteiger partial charge in [-0.3, -0.25) is 9.48 Å². The van der Waals surface area contributed by atoms with Gasteiger partial charge in [0, 0.05) is 47.7 Å². The van der Waals surface area contributed by atoms with E-state index < -0.39 is 0 Å². The number of aryl methyl sites for hydroxylation is 5. The minimum absolute atomic E-state index is 0.0250. The van der Waals surface area contributed by atoms with Crippen LogP contribution in [0.5, 0.6) is 0 Å². The highest BCUT2D eigenvalue weighted by Gasteiger charge is 2.32. The van der Waals surface area contributed by atoms with Crippen LogP contribution in [-0.2, 0) is 26.4 Å². The molecule has 8 heteroatoms. The zero-order chi connectivity index (χ0) is 29.2. The van der Waals surface area contributed by atoms with Crippen LogP contribution < -0.4 is 10.2 Å². The summed E-state index contributed by atoms with van der Waals surface area (Å²) >= 11 is 0. The number of hydrogen-bond acceptors (Lipinski definition) is 5. The molecule has 3 aromatic carbocycles. The summed E-state index contributed by atoms with van der Waals surface area (Å²) < 4.78 is 1.81. The Hall–Kier alpha value is -5.24. The number of nitrogens with zero attached hydrogens (tertiary/aromatic N) is 5. The van der Waals surface area contributed by atoms with E-state index in [2.05, 4.69) is 50.7 Å². The number of anilines is 3. The van der Waals surface area contributed by atoms with Gasteiger partial charge in [0.2, 0.25) is 5.95 Å². The summed E-state index contributed by atoms with van der Waals surface area (Å²) in [5, 5.41) is 8.70. The van der Waals surface area contributed by atoms with Crippen molar-refractivity contribution in [3.63, 3.8) is 0 Å². The monoisotopic (exact) mass is 565 g/mol. The number of carbonyl (C=O) groups is 1. The highest BCUT2D eigenvalue weighted by atomic mass is 16.2. The van der Waals surface area contributed by atoms with Crippen molar-refractivity contribution >= 4 is 34.3 Å². The topological polar surface area (TPSA) is 91.7 Å². The molecule has 1 aliphatic heterocycles. The molecule has 1 aliphatic carbocycles. The fraction of sp³-hybridized carbons (Fsp3) is 0.200. The molecule has 0 bridgehead atoms. The van der Waals surface area contributed by atoms with Gasteiger partial charge in [0.05, 0.1) is 23.4 Å². The van der Waals surface area contributed by atoms with Crippen LogP contribution in [0.25, 0.3) is 33.3 Å². The molecule has 212 valence electrons. The van der Waals surface area contributed by atoms with Crippen LogP contribution in [0.4, 0.5) is 17.5 Å². The van der Waals surface area contributed by atoms with Crippen LogP contribution in [-0.4, -0.2) is 30.6 Å². The number of aromatic amines is 1. The Morgan fingerprint density at radius 2 is 1.77 bits per heavy atom. The quantitative estimate of drug-likeness (QED) is 0.234. The number of rotatable bonds is 5. The largest absolute Gasteiger partial charge is 0.359 e. The van der Waals surface area contributed by atoms with E-state index in [0.29, 0.717) is 18.3 Å². The third-order valence-electron chi connectivity index (χ3n) is 8.94. The highest BCUT2D eigenvalue weighted by molar-refractivity contribution is 6.15. The molecule has 2 aliphatic rings. The highest BCUT2D eigenvalue weighted by Crippen LogP contribution is 2.40. The first-order valence-corrected chi connectivity index (χ1v) is 14.7. The van der Waals surface area contributed by atoms with Gasteiger partial charge in [0.25, 0.3) is 5.91 Å². The third-order valence-corrected chi connectivity index (χ3v) is 8.94. The summed E-state index contributed by atoms with van der Waals surface area (Å²) in [6.07, 6.45) is 7.31. The maximum atomic E-state index is 13.9. The average Bonchev–Trinajstić information content (AvgIpc) is 3.80. The summed E-state index contributed by atoms with van der Waals surface area (Å²) in [4.78, 5) is 28.6. The van der Waals surface area contributed by atoms with Crippen molar-refractivity contribution in [1.29, 1.82) is 0 Å². The minimum atomic E-state index is 0.0250. The third kappa shape index (κ3) is 4.13. The second-order valence-electron chi connectivity index (χ2n) is 11.6. The van der Waals surface area contributed by atoms with E-state index in [-0.39, 0.29) is 5.91 Å². The second-order valence-corrected chi connectivity index (χ2v) is 11.6. The molecule has 0 atom stereocenters. The summed E-state index contributed by atoms with van der Waals surface area (Å²) in [7, 11) is 1.91. The Labute approximate surface area is 249 Å². The Bertz CT molecular complexity index is 2070. The maximum Gasteiger partial charge on any atom is 0.259 e. The predicted octanol–water partition coefficient (Wildman–Crippen LogP) is 7.03. The Morgan fingerprint density at radius 1 is 0.930 bits per heavy atom. The van der Waals surface area contributed by atoms with E-state index in [9.17, 15) is 4.79 Å².